The maximum Gasteiger partial charge on any atom is 0.290 e. The van der Waals surface area contributed by atoms with Gasteiger partial charge in [-0.2, -0.15) is 5.10 Å². The molecule has 2 heterocycles. The highest BCUT2D eigenvalue weighted by atomic mass is 35.5. The third-order valence-electron chi connectivity index (χ3n) is 4.71. The Kier molecular flexibility index (Phi) is 5.61. The average molecular weight is 442 g/mol. The second kappa shape index (κ2) is 8.33. The van der Waals surface area contributed by atoms with Crippen molar-refractivity contribution in [2.45, 2.75) is 12.5 Å². The fourth-order valence-corrected chi connectivity index (χ4v) is 3.99. The third kappa shape index (κ3) is 4.10. The van der Waals surface area contributed by atoms with Crippen LogP contribution in [0.15, 0.2) is 64.6 Å². The van der Waals surface area contributed by atoms with Crippen LogP contribution < -0.4 is 10.1 Å². The Labute approximate surface area is 181 Å². The molecule has 3 amide bonds. The van der Waals surface area contributed by atoms with Crippen LogP contribution in [0.25, 0.3) is 0 Å². The number of hydrazone groups is 1. The Morgan fingerprint density at radius 3 is 2.50 bits per heavy atom. The summed E-state index contributed by atoms with van der Waals surface area (Å²) < 4.78 is 5.19. The summed E-state index contributed by atoms with van der Waals surface area (Å²) in [6.07, 6.45) is 1.63. The predicted octanol–water partition coefficient (Wildman–Crippen LogP) is 3.89. The first-order valence-electron chi connectivity index (χ1n) is 9.00. The first-order chi connectivity index (χ1) is 14.4. The largest absolute Gasteiger partial charge is 0.497 e. The van der Waals surface area contributed by atoms with Crippen molar-refractivity contribution >= 4 is 46.1 Å². The highest BCUT2D eigenvalue weighted by molar-refractivity contribution is 8.18. The number of carbonyl (C=O) groups excluding carboxylic acids is 3. The minimum atomic E-state index is -0.583. The Morgan fingerprint density at radius 2 is 1.90 bits per heavy atom. The number of nitrogens with one attached hydrogen (secondary N) is 1. The van der Waals surface area contributed by atoms with Crippen molar-refractivity contribution in [1.82, 2.24) is 10.3 Å². The molecule has 2 aromatic carbocycles. The van der Waals surface area contributed by atoms with E-state index < -0.39 is 17.1 Å². The Balaban J connectivity index is 1.67. The number of nitrogens with zero attached hydrogens (tertiary/aromatic N) is 2. The number of benzene rings is 2. The fourth-order valence-electron chi connectivity index (χ4n) is 3.22. The summed E-state index contributed by atoms with van der Waals surface area (Å²) in [6.45, 7) is 0. The summed E-state index contributed by atoms with van der Waals surface area (Å²) in [7, 11) is 1.59. The highest BCUT2D eigenvalue weighted by Gasteiger charge is 2.34. The van der Waals surface area contributed by atoms with Gasteiger partial charge in [-0.3, -0.25) is 19.7 Å². The van der Waals surface area contributed by atoms with E-state index >= 15 is 0 Å². The summed E-state index contributed by atoms with van der Waals surface area (Å²) in [5.41, 5.74) is 2.45. The van der Waals surface area contributed by atoms with E-state index in [9.17, 15) is 14.4 Å². The number of methoxy groups -OCH3 is 1. The van der Waals surface area contributed by atoms with Gasteiger partial charge in [0.2, 0.25) is 0 Å². The molecule has 0 aromatic heterocycles. The molecule has 0 spiro atoms. The van der Waals surface area contributed by atoms with E-state index in [0.29, 0.717) is 23.2 Å². The van der Waals surface area contributed by atoms with Gasteiger partial charge in [-0.05, 0) is 59.3 Å². The second-order valence-electron chi connectivity index (χ2n) is 6.58. The van der Waals surface area contributed by atoms with Crippen LogP contribution in [-0.4, -0.2) is 34.9 Å². The summed E-state index contributed by atoms with van der Waals surface area (Å²) in [5.74, 6) is -0.344. The third-order valence-corrected chi connectivity index (χ3v) is 5.77. The molecule has 2 aliphatic heterocycles. The Hall–Kier alpha value is -3.10. The summed E-state index contributed by atoms with van der Waals surface area (Å²) >= 11 is 6.70. The van der Waals surface area contributed by atoms with Crippen molar-refractivity contribution in [3.63, 3.8) is 0 Å². The van der Waals surface area contributed by atoms with Crippen LogP contribution >= 0.6 is 23.4 Å². The minimum Gasteiger partial charge on any atom is -0.497 e. The molecule has 4 rings (SSSR count). The molecule has 152 valence electrons. The lowest BCUT2D eigenvalue weighted by Crippen LogP contribution is -2.26. The zero-order chi connectivity index (χ0) is 21.3. The number of hydrogen-bond donors (Lipinski definition) is 1. The van der Waals surface area contributed by atoms with E-state index in [-0.39, 0.29) is 10.9 Å². The Bertz CT molecular complexity index is 1080. The lowest BCUT2D eigenvalue weighted by Gasteiger charge is -2.21. The van der Waals surface area contributed by atoms with Gasteiger partial charge in [-0.15, -0.1) is 0 Å². The smallest absolute Gasteiger partial charge is 0.290 e. The molecule has 1 saturated heterocycles. The number of ether oxygens (including phenoxy) is 1. The van der Waals surface area contributed by atoms with Crippen LogP contribution in [0, 0.1) is 0 Å². The molecule has 2 aromatic rings. The normalized spacial score (nSPS) is 19.8. The highest BCUT2D eigenvalue weighted by Crippen LogP contribution is 2.34. The molecule has 9 heteroatoms. The standard InChI is InChI=1S/C21H16ClN3O4S/c1-29-15-8-4-12(5-9-15)16-10-17(13-2-6-14(22)7-3-13)25(24-16)19(26)11-18-20(27)23-21(28)30-18/h2-9,11,17H,10H2,1H3,(H,23,27,28)/b18-11-. The molecule has 30 heavy (non-hydrogen) atoms. The number of amides is 3. The maximum absolute atomic E-state index is 13.0. The van der Waals surface area contributed by atoms with Crippen molar-refractivity contribution in [1.29, 1.82) is 0 Å². The lowest BCUT2D eigenvalue weighted by atomic mass is 9.98. The average Bonchev–Trinajstić information content (AvgIpc) is 3.32. The van der Waals surface area contributed by atoms with Gasteiger partial charge in [0.1, 0.15) is 5.75 Å². The molecule has 1 N–H and O–H groups in total. The van der Waals surface area contributed by atoms with Gasteiger partial charge >= 0.3 is 0 Å². The van der Waals surface area contributed by atoms with E-state index in [1.807, 2.05) is 36.4 Å². The van der Waals surface area contributed by atoms with Gasteiger partial charge in [0, 0.05) is 17.5 Å². The zero-order valence-electron chi connectivity index (χ0n) is 15.8. The number of hydrogen-bond acceptors (Lipinski definition) is 6. The molecular weight excluding hydrogens is 426 g/mol. The molecule has 7 nitrogen and oxygen atoms in total. The topological polar surface area (TPSA) is 88.1 Å². The summed E-state index contributed by atoms with van der Waals surface area (Å²) in [5, 5.41) is 8.10. The number of halogens is 1. The summed E-state index contributed by atoms with van der Waals surface area (Å²) in [4.78, 5) is 36.2. The minimum absolute atomic E-state index is 0.0490. The molecule has 1 unspecified atom stereocenters. The van der Waals surface area contributed by atoms with Crippen LogP contribution in [0.1, 0.15) is 23.6 Å². The first-order valence-corrected chi connectivity index (χ1v) is 10.2. The molecular formula is C21H16ClN3O4S. The molecule has 0 saturated carbocycles. The van der Waals surface area contributed by atoms with Crippen molar-refractivity contribution in [2.24, 2.45) is 5.10 Å². The first kappa shape index (κ1) is 20.2. The van der Waals surface area contributed by atoms with Crippen LogP contribution in [0.4, 0.5) is 4.79 Å². The number of rotatable bonds is 4. The van der Waals surface area contributed by atoms with E-state index in [1.165, 1.54) is 5.01 Å². The van der Waals surface area contributed by atoms with E-state index in [1.54, 1.807) is 19.2 Å². The number of thioether (sulfide) groups is 1. The van der Waals surface area contributed by atoms with E-state index in [2.05, 4.69) is 10.4 Å². The predicted molar refractivity (Wildman–Crippen MR) is 114 cm³/mol. The van der Waals surface area contributed by atoms with Crippen molar-refractivity contribution in [3.8, 4) is 5.75 Å². The quantitative estimate of drug-likeness (QED) is 0.727. The molecule has 2 aliphatic rings. The molecule has 0 bridgehead atoms. The van der Waals surface area contributed by atoms with Gasteiger partial charge in [0.05, 0.1) is 23.8 Å². The van der Waals surface area contributed by atoms with Gasteiger partial charge in [0.25, 0.3) is 17.1 Å². The van der Waals surface area contributed by atoms with Crippen molar-refractivity contribution < 1.29 is 19.1 Å². The van der Waals surface area contributed by atoms with Gasteiger partial charge in [0.15, 0.2) is 0 Å². The summed E-state index contributed by atoms with van der Waals surface area (Å²) in [6, 6.07) is 14.2. The van der Waals surface area contributed by atoms with Crippen LogP contribution in [0.2, 0.25) is 5.02 Å². The monoisotopic (exact) mass is 441 g/mol. The molecule has 0 aliphatic carbocycles. The van der Waals surface area contributed by atoms with Crippen LogP contribution in [0.3, 0.4) is 0 Å². The number of carbonyl (C=O) groups is 3. The van der Waals surface area contributed by atoms with Gasteiger partial charge in [-0.25, -0.2) is 5.01 Å². The maximum atomic E-state index is 13.0. The zero-order valence-corrected chi connectivity index (χ0v) is 17.4. The SMILES string of the molecule is COc1ccc(C2=NN(C(=O)/C=C3\SC(=O)NC3=O)C(c3ccc(Cl)cc3)C2)cc1. The van der Waals surface area contributed by atoms with Crippen LogP contribution in [0.5, 0.6) is 5.75 Å². The Morgan fingerprint density at radius 1 is 1.20 bits per heavy atom. The van der Waals surface area contributed by atoms with Crippen molar-refractivity contribution in [2.75, 3.05) is 7.11 Å². The van der Waals surface area contributed by atoms with E-state index in [0.717, 1.165) is 28.7 Å². The van der Waals surface area contributed by atoms with E-state index in [4.69, 9.17) is 16.3 Å². The van der Waals surface area contributed by atoms with Crippen molar-refractivity contribution in [3.05, 3.63) is 75.7 Å². The van der Waals surface area contributed by atoms with Crippen LogP contribution in [-0.2, 0) is 9.59 Å². The van der Waals surface area contributed by atoms with Gasteiger partial charge < -0.3 is 4.74 Å². The van der Waals surface area contributed by atoms with Gasteiger partial charge in [-0.1, -0.05) is 23.7 Å². The molecule has 1 fully saturated rings. The molecule has 0 radical (unpaired) electrons. The number of imide groups is 1. The lowest BCUT2D eigenvalue weighted by molar-refractivity contribution is -0.128. The fraction of sp³-hybridized carbons (Fsp3) is 0.143. The second-order valence-corrected chi connectivity index (χ2v) is 8.03. The molecule has 1 atom stereocenters.